The minimum Gasteiger partial charge on any atom is -0.283 e. The van der Waals surface area contributed by atoms with Crippen LogP contribution in [0.15, 0.2) is 18.3 Å². The number of aryl methyl sites for hydroxylation is 4. The zero-order valence-corrected chi connectivity index (χ0v) is 20.0. The lowest BCUT2D eigenvalue weighted by atomic mass is 9.93. The van der Waals surface area contributed by atoms with Crippen LogP contribution in [0.3, 0.4) is 0 Å². The highest BCUT2D eigenvalue weighted by atomic mass is 35.5. The normalized spacial score (nSPS) is 19.8. The number of benzene rings is 1. The molecule has 1 amide bonds. The fourth-order valence-corrected chi connectivity index (χ4v) is 5.43. The van der Waals surface area contributed by atoms with Gasteiger partial charge in [-0.25, -0.2) is 9.99 Å². The van der Waals surface area contributed by atoms with Crippen LogP contribution in [-0.4, -0.2) is 38.0 Å². The van der Waals surface area contributed by atoms with E-state index in [9.17, 15) is 4.79 Å². The highest BCUT2D eigenvalue weighted by molar-refractivity contribution is 6.30. The molecule has 0 radical (unpaired) electrons. The molecule has 3 aromatic rings. The third kappa shape index (κ3) is 3.99. The van der Waals surface area contributed by atoms with Crippen LogP contribution >= 0.6 is 11.6 Å². The molecule has 2 unspecified atom stereocenters. The van der Waals surface area contributed by atoms with Gasteiger partial charge in [-0.1, -0.05) is 50.1 Å². The summed E-state index contributed by atoms with van der Waals surface area (Å²) in [5.41, 5.74) is 8.94. The number of rotatable bonds is 4. The molecule has 0 aliphatic carbocycles. The van der Waals surface area contributed by atoms with E-state index in [1.165, 1.54) is 12.0 Å². The van der Waals surface area contributed by atoms with Gasteiger partial charge in [0, 0.05) is 19.3 Å². The van der Waals surface area contributed by atoms with Gasteiger partial charge in [0.25, 0.3) is 5.91 Å². The second-order valence-electron chi connectivity index (χ2n) is 9.26. The van der Waals surface area contributed by atoms with Crippen molar-refractivity contribution >= 4 is 23.3 Å². The maximum atomic E-state index is 13.4. The van der Waals surface area contributed by atoms with Gasteiger partial charge in [-0.15, -0.1) is 0 Å². The number of hydrogen-bond donors (Lipinski definition) is 1. The lowest BCUT2D eigenvalue weighted by Gasteiger charge is -2.34. The van der Waals surface area contributed by atoms with Gasteiger partial charge in [0.05, 0.1) is 11.4 Å². The zero-order valence-electron chi connectivity index (χ0n) is 19.3. The highest BCUT2D eigenvalue weighted by Crippen LogP contribution is 2.30. The van der Waals surface area contributed by atoms with Crippen LogP contribution in [-0.2, 0) is 6.42 Å². The first-order valence-electron chi connectivity index (χ1n) is 11.1. The Labute approximate surface area is 189 Å². The van der Waals surface area contributed by atoms with E-state index in [1.54, 1.807) is 6.20 Å². The Morgan fingerprint density at radius 2 is 1.77 bits per heavy atom. The monoisotopic (exact) mass is 441 g/mol. The second kappa shape index (κ2) is 8.32. The summed E-state index contributed by atoms with van der Waals surface area (Å²) < 4.78 is 3.79. The molecule has 1 aliphatic heterocycles. The van der Waals surface area contributed by atoms with Crippen LogP contribution in [0.25, 0.3) is 11.5 Å². The van der Waals surface area contributed by atoms with E-state index in [0.717, 1.165) is 35.6 Å². The molecule has 166 valence electrons. The highest BCUT2D eigenvalue weighted by Gasteiger charge is 2.28. The van der Waals surface area contributed by atoms with E-state index in [4.69, 9.17) is 16.6 Å². The predicted molar refractivity (Wildman–Crippen MR) is 125 cm³/mol. The van der Waals surface area contributed by atoms with E-state index >= 15 is 0 Å². The molecule has 6 nitrogen and oxygen atoms in total. The summed E-state index contributed by atoms with van der Waals surface area (Å²) in [7, 11) is 0. The van der Waals surface area contributed by atoms with E-state index in [-0.39, 0.29) is 5.91 Å². The maximum absolute atomic E-state index is 13.4. The van der Waals surface area contributed by atoms with Crippen LogP contribution in [0.4, 0.5) is 0 Å². The molecule has 1 fully saturated rings. The summed E-state index contributed by atoms with van der Waals surface area (Å²) in [4.78, 5) is 18.2. The van der Waals surface area contributed by atoms with Gasteiger partial charge in [0.2, 0.25) is 5.78 Å². The number of carbonyl (C=O) groups is 1. The van der Waals surface area contributed by atoms with Crippen LogP contribution in [0, 0.1) is 32.6 Å². The first kappa shape index (κ1) is 21.9. The van der Waals surface area contributed by atoms with E-state index in [0.29, 0.717) is 34.9 Å². The number of imidazole rings is 2. The molecule has 1 saturated heterocycles. The lowest BCUT2D eigenvalue weighted by Crippen LogP contribution is -2.49. The van der Waals surface area contributed by atoms with Gasteiger partial charge in [0.1, 0.15) is 10.8 Å². The summed E-state index contributed by atoms with van der Waals surface area (Å²) in [6.07, 6.45) is 3.66. The number of carbonyl (C=O) groups excluding carboxylic acids is 1. The molecule has 3 heterocycles. The lowest BCUT2D eigenvalue weighted by molar-refractivity contribution is 0.0592. The van der Waals surface area contributed by atoms with Crippen molar-refractivity contribution in [1.29, 1.82) is 0 Å². The van der Waals surface area contributed by atoms with Gasteiger partial charge in [-0.3, -0.25) is 19.2 Å². The number of aromatic nitrogens is 3. The fraction of sp³-hybridized carbons (Fsp3) is 0.500. The molecular weight excluding hydrogens is 410 g/mol. The Balaban J connectivity index is 1.78. The first-order valence-corrected chi connectivity index (χ1v) is 11.5. The van der Waals surface area contributed by atoms with Crippen LogP contribution in [0.1, 0.15) is 60.1 Å². The van der Waals surface area contributed by atoms with Crippen LogP contribution in [0.5, 0.6) is 0 Å². The molecule has 1 aliphatic rings. The van der Waals surface area contributed by atoms with Crippen molar-refractivity contribution < 1.29 is 4.79 Å². The molecule has 7 heteroatoms. The van der Waals surface area contributed by atoms with Crippen molar-refractivity contribution in [3.63, 3.8) is 0 Å². The number of fused-ring (bicyclic) bond motifs is 1. The largest absolute Gasteiger partial charge is 0.284 e. The number of hydrazine groups is 1. The Hall–Kier alpha value is -2.31. The third-order valence-electron chi connectivity index (χ3n) is 6.15. The second-order valence-corrected chi connectivity index (χ2v) is 9.64. The minimum atomic E-state index is -0.128. The van der Waals surface area contributed by atoms with Crippen molar-refractivity contribution in [3.8, 4) is 5.69 Å². The predicted octanol–water partition coefficient (Wildman–Crippen LogP) is 4.89. The van der Waals surface area contributed by atoms with E-state index < -0.39 is 0 Å². The van der Waals surface area contributed by atoms with Crippen molar-refractivity contribution in [2.45, 2.75) is 54.4 Å². The molecule has 4 rings (SSSR count). The van der Waals surface area contributed by atoms with Gasteiger partial charge < -0.3 is 0 Å². The van der Waals surface area contributed by atoms with Gasteiger partial charge in [0.15, 0.2) is 0 Å². The van der Waals surface area contributed by atoms with Crippen LogP contribution < -0.4 is 5.43 Å². The van der Waals surface area contributed by atoms with Crippen LogP contribution in [0.2, 0.25) is 5.15 Å². The summed E-state index contributed by atoms with van der Waals surface area (Å²) >= 11 is 6.69. The van der Waals surface area contributed by atoms with E-state index in [1.807, 2.05) is 20.9 Å². The number of amides is 1. The molecule has 31 heavy (non-hydrogen) atoms. The third-order valence-corrected chi connectivity index (χ3v) is 6.42. The summed E-state index contributed by atoms with van der Waals surface area (Å²) in [6, 6.07) is 4.29. The number of nitrogens with zero attached hydrogens (tertiary/aromatic N) is 4. The Morgan fingerprint density at radius 3 is 2.35 bits per heavy atom. The van der Waals surface area contributed by atoms with Crippen molar-refractivity contribution in [2.75, 3.05) is 13.1 Å². The van der Waals surface area contributed by atoms with Gasteiger partial charge >= 0.3 is 0 Å². The molecule has 2 atom stereocenters. The molecule has 0 saturated carbocycles. The molecule has 1 N–H and O–H groups in total. The van der Waals surface area contributed by atoms with Crippen molar-refractivity contribution in [1.82, 2.24) is 24.4 Å². The van der Waals surface area contributed by atoms with Gasteiger partial charge in [-0.05, 0) is 56.6 Å². The Kier molecular flexibility index (Phi) is 5.88. The zero-order chi connectivity index (χ0) is 22.4. The summed E-state index contributed by atoms with van der Waals surface area (Å²) in [6.45, 7) is 14.5. The van der Waals surface area contributed by atoms with E-state index in [2.05, 4.69) is 52.2 Å². The molecule has 0 bridgehead atoms. The SMILES string of the molecule is CCc1nc2n(-c3c(C)cc(C)cc3C)c(Cl)cn2c1C(=O)NN1CC(C)CC(C)C1. The Bertz CT molecular complexity index is 1110. The molecule has 0 spiro atoms. The van der Waals surface area contributed by atoms with Gasteiger partial charge in [-0.2, -0.15) is 0 Å². The van der Waals surface area contributed by atoms with Crippen molar-refractivity contribution in [3.05, 3.63) is 51.6 Å². The molecule has 1 aromatic carbocycles. The maximum Gasteiger partial charge on any atom is 0.284 e. The summed E-state index contributed by atoms with van der Waals surface area (Å²) in [5, 5.41) is 2.59. The quantitative estimate of drug-likeness (QED) is 0.627. The minimum absolute atomic E-state index is 0.128. The number of nitrogens with one attached hydrogen (secondary N) is 1. The standard InChI is InChI=1S/C24H32ClN5O/c1-7-19-22(23(31)27-28-11-15(3)8-16(4)12-28)29-13-20(25)30(24(29)26-19)21-17(5)9-14(2)10-18(21)6/h9-10,13,15-16H,7-8,11-12H2,1-6H3,(H,27,31). The Morgan fingerprint density at radius 1 is 1.16 bits per heavy atom. The first-order chi connectivity index (χ1) is 14.7. The average molecular weight is 442 g/mol. The number of piperidine rings is 1. The smallest absolute Gasteiger partial charge is 0.283 e. The number of hydrogen-bond acceptors (Lipinski definition) is 3. The number of halogens is 1. The molecule has 2 aromatic heterocycles. The fourth-order valence-electron chi connectivity index (χ4n) is 5.18. The summed E-state index contributed by atoms with van der Waals surface area (Å²) in [5.74, 6) is 1.66. The van der Waals surface area contributed by atoms with Crippen molar-refractivity contribution in [2.24, 2.45) is 11.8 Å². The molecular formula is C24H32ClN5O. The topological polar surface area (TPSA) is 54.6 Å². The average Bonchev–Trinajstić information content (AvgIpc) is 3.15.